The van der Waals surface area contributed by atoms with E-state index in [1.165, 1.54) is 40.3 Å². The van der Waals surface area contributed by atoms with Gasteiger partial charge in [-0.3, -0.25) is 28.6 Å². The molecular formula is C35H36F2N5O8PS. The van der Waals surface area contributed by atoms with Crippen LogP contribution in [0.15, 0.2) is 59.0 Å². The van der Waals surface area contributed by atoms with E-state index in [9.17, 15) is 18.9 Å². The van der Waals surface area contributed by atoms with E-state index >= 15 is 8.78 Å². The largest absolute Gasteiger partial charge is 0.468 e. The van der Waals surface area contributed by atoms with Crippen molar-refractivity contribution in [2.45, 2.75) is 45.9 Å². The monoisotopic (exact) mass is 755 g/mol. The van der Waals surface area contributed by atoms with E-state index in [0.717, 1.165) is 12.1 Å². The van der Waals surface area contributed by atoms with Crippen molar-refractivity contribution in [3.63, 3.8) is 0 Å². The highest BCUT2D eigenvalue weighted by Crippen LogP contribution is 2.51. The lowest BCUT2D eigenvalue weighted by molar-refractivity contribution is -0.145. The Labute approximate surface area is 301 Å². The van der Waals surface area contributed by atoms with Crippen molar-refractivity contribution in [1.29, 1.82) is 0 Å². The number of hydrogen-bond acceptors (Lipinski definition) is 11. The minimum atomic E-state index is -4.58. The van der Waals surface area contributed by atoms with Crippen molar-refractivity contribution in [2.24, 2.45) is 5.41 Å². The lowest BCUT2D eigenvalue weighted by Crippen LogP contribution is -2.66. The average Bonchev–Trinajstić information content (AvgIpc) is 3.56. The second-order valence-corrected chi connectivity index (χ2v) is 16.0. The van der Waals surface area contributed by atoms with Gasteiger partial charge in [-0.2, -0.15) is 5.09 Å². The molecule has 1 aliphatic carbocycles. The van der Waals surface area contributed by atoms with E-state index in [0.29, 0.717) is 21.6 Å². The number of carbonyl (C=O) groups excluding carboxylic acids is 2. The number of morpholine rings is 1. The number of aromatic nitrogens is 2. The average molecular weight is 756 g/mol. The van der Waals surface area contributed by atoms with Crippen molar-refractivity contribution < 1.29 is 41.5 Å². The third-order valence-electron chi connectivity index (χ3n) is 9.25. The molecule has 7 rings (SSSR count). The van der Waals surface area contributed by atoms with Crippen molar-refractivity contribution in [1.82, 2.24) is 19.6 Å². The molecule has 17 heteroatoms. The van der Waals surface area contributed by atoms with Crippen molar-refractivity contribution >= 4 is 31.0 Å². The second kappa shape index (κ2) is 13.5. The Bertz CT molecular complexity index is 2190. The molecule has 1 saturated heterocycles. The van der Waals surface area contributed by atoms with Gasteiger partial charge in [0.2, 0.25) is 11.2 Å². The molecule has 2 aromatic heterocycles. The van der Waals surface area contributed by atoms with Crippen LogP contribution in [0.4, 0.5) is 8.78 Å². The van der Waals surface area contributed by atoms with Gasteiger partial charge in [0.25, 0.3) is 5.91 Å². The van der Waals surface area contributed by atoms with Crippen LogP contribution in [0.2, 0.25) is 0 Å². The SMILES string of the molecule is CCOP(=O)(N[C@@H](C(=O)OC)C(C)(C)C)Oc1c2n(ccc1=O)N([C@@H]1c3ccccc3-c3scnc3-c3c1ccc(F)c3F)[C@@H]1COCCN1C2=O. The molecule has 0 saturated carbocycles. The van der Waals surface area contributed by atoms with Crippen LogP contribution in [0.25, 0.3) is 21.7 Å². The molecule has 0 spiro atoms. The van der Waals surface area contributed by atoms with Crippen LogP contribution in [0.3, 0.4) is 0 Å². The summed E-state index contributed by atoms with van der Waals surface area (Å²) in [4.78, 5) is 47.7. The molecule has 13 nitrogen and oxygen atoms in total. The molecule has 2 aliphatic heterocycles. The summed E-state index contributed by atoms with van der Waals surface area (Å²) >= 11 is 1.28. The van der Waals surface area contributed by atoms with Crippen LogP contribution in [0.1, 0.15) is 55.4 Å². The van der Waals surface area contributed by atoms with Crippen LogP contribution >= 0.6 is 19.1 Å². The highest BCUT2D eigenvalue weighted by atomic mass is 32.1. The minimum absolute atomic E-state index is 0.0244. The standard InChI is InChI=1S/C35H36F2N5O8PS/c1-6-49-51(46,39-32(34(45)47-5)35(2,3)4)50-30-23(43)13-14-41-29(30)33(44)40-15-16-48-17-24(40)42(41)28-19-9-7-8-10-20(19)31-27(38-18-52-31)25-21(28)11-12-22(36)26(25)37/h7-14,18,24,28,32H,6,15-17H2,1-5H3,(H,39,46)/t24-,28-,32+,51?/m1/s1. The lowest BCUT2D eigenvalue weighted by Gasteiger charge is -2.51. The first-order chi connectivity index (χ1) is 24.8. The molecule has 3 aliphatic rings. The van der Waals surface area contributed by atoms with E-state index in [2.05, 4.69) is 10.1 Å². The van der Waals surface area contributed by atoms with E-state index in [4.69, 9.17) is 18.5 Å². The van der Waals surface area contributed by atoms with Gasteiger partial charge in [-0.25, -0.2) is 18.3 Å². The first kappa shape index (κ1) is 35.9. The highest BCUT2D eigenvalue weighted by Gasteiger charge is 2.49. The van der Waals surface area contributed by atoms with E-state index < -0.39 is 66.1 Å². The fourth-order valence-electron chi connectivity index (χ4n) is 6.91. The lowest BCUT2D eigenvalue weighted by atomic mass is 9.87. The molecule has 1 amide bonds. The van der Waals surface area contributed by atoms with Gasteiger partial charge in [0.05, 0.1) is 49.1 Å². The maximum Gasteiger partial charge on any atom is 0.459 e. The summed E-state index contributed by atoms with van der Waals surface area (Å²) in [5.41, 5.74) is 1.59. The third-order valence-corrected chi connectivity index (χ3v) is 11.7. The summed E-state index contributed by atoms with van der Waals surface area (Å²) in [5, 5.41) is 4.40. The number of amides is 1. The molecule has 0 bridgehead atoms. The Hall–Kier alpha value is -4.47. The minimum Gasteiger partial charge on any atom is -0.468 e. The molecule has 4 atom stereocenters. The number of carbonyl (C=O) groups is 2. The summed E-state index contributed by atoms with van der Waals surface area (Å²) < 4.78 is 69.3. The number of rotatable bonds is 8. The zero-order chi connectivity index (χ0) is 37.1. The maximum atomic E-state index is 16.0. The predicted octanol–water partition coefficient (Wildman–Crippen LogP) is 5.47. The Morgan fingerprint density at radius 2 is 1.92 bits per heavy atom. The summed E-state index contributed by atoms with van der Waals surface area (Å²) in [7, 11) is -3.40. The highest BCUT2D eigenvalue weighted by molar-refractivity contribution is 7.52. The predicted molar refractivity (Wildman–Crippen MR) is 188 cm³/mol. The third kappa shape index (κ3) is 5.92. The van der Waals surface area contributed by atoms with Gasteiger partial charge in [-0.15, -0.1) is 11.3 Å². The number of ether oxygens (including phenoxy) is 2. The van der Waals surface area contributed by atoms with Gasteiger partial charge in [0.15, 0.2) is 17.3 Å². The zero-order valence-electron chi connectivity index (χ0n) is 28.9. The van der Waals surface area contributed by atoms with E-state index in [-0.39, 0.29) is 43.3 Å². The quantitative estimate of drug-likeness (QED) is 0.181. The van der Waals surface area contributed by atoms with Crippen molar-refractivity contribution in [2.75, 3.05) is 38.5 Å². The second-order valence-electron chi connectivity index (χ2n) is 13.4. The number of hydrogen-bond donors (Lipinski definition) is 1. The molecule has 52 heavy (non-hydrogen) atoms. The molecule has 4 aromatic rings. The number of benzene rings is 2. The first-order valence-electron chi connectivity index (χ1n) is 16.5. The van der Waals surface area contributed by atoms with Gasteiger partial charge >= 0.3 is 13.7 Å². The zero-order valence-corrected chi connectivity index (χ0v) is 30.6. The van der Waals surface area contributed by atoms with Crippen molar-refractivity contribution in [3.8, 4) is 27.4 Å². The van der Waals surface area contributed by atoms with Gasteiger partial charge in [0.1, 0.15) is 12.2 Å². The molecule has 1 unspecified atom stereocenters. The Balaban J connectivity index is 1.46. The van der Waals surface area contributed by atoms with Gasteiger partial charge < -0.3 is 18.9 Å². The topological polar surface area (TPSA) is 142 Å². The first-order valence-corrected chi connectivity index (χ1v) is 19.0. The van der Waals surface area contributed by atoms with Crippen LogP contribution in [-0.2, 0) is 23.4 Å². The van der Waals surface area contributed by atoms with Crippen LogP contribution in [0.5, 0.6) is 5.75 Å². The van der Waals surface area contributed by atoms with Crippen LogP contribution in [-0.4, -0.2) is 72.1 Å². The number of methoxy groups -OCH3 is 1. The number of nitrogens with zero attached hydrogens (tertiary/aromatic N) is 4. The van der Waals surface area contributed by atoms with E-state index in [1.807, 2.05) is 24.3 Å². The van der Waals surface area contributed by atoms with Crippen LogP contribution < -0.4 is 20.0 Å². The summed E-state index contributed by atoms with van der Waals surface area (Å²) in [6, 6.07) is 8.92. The summed E-state index contributed by atoms with van der Waals surface area (Å²) in [5.74, 6) is -4.12. The number of fused-ring (bicyclic) bond motifs is 7. The summed E-state index contributed by atoms with van der Waals surface area (Å²) in [6.07, 6.45) is 0.564. The molecule has 4 heterocycles. The normalized spacial score (nSPS) is 19.6. The fraction of sp³-hybridized carbons (Fsp3) is 0.371. The number of halogens is 2. The number of esters is 1. The molecule has 1 fully saturated rings. The molecule has 2 aromatic carbocycles. The molecular weight excluding hydrogens is 719 g/mol. The maximum absolute atomic E-state index is 16.0. The Morgan fingerprint density at radius 3 is 2.65 bits per heavy atom. The van der Waals surface area contributed by atoms with E-state index in [1.54, 1.807) is 38.2 Å². The number of pyridine rings is 1. The smallest absolute Gasteiger partial charge is 0.459 e. The molecule has 0 radical (unpaired) electrons. The fourth-order valence-corrected chi connectivity index (χ4v) is 9.50. The Morgan fingerprint density at radius 1 is 1.15 bits per heavy atom. The Kier molecular flexibility index (Phi) is 9.32. The molecule has 1 N–H and O–H groups in total. The van der Waals surface area contributed by atoms with Gasteiger partial charge in [-0.05, 0) is 35.1 Å². The molecule has 274 valence electrons. The summed E-state index contributed by atoms with van der Waals surface area (Å²) in [6.45, 7) is 6.84. The number of thiazole rings is 1. The number of nitrogens with one attached hydrogen (secondary N) is 1. The van der Waals surface area contributed by atoms with Crippen molar-refractivity contribution in [3.05, 3.63) is 92.9 Å². The van der Waals surface area contributed by atoms with Gasteiger partial charge in [0, 0.05) is 24.4 Å². The van der Waals surface area contributed by atoms with Gasteiger partial charge in [-0.1, -0.05) is 51.1 Å². The van der Waals surface area contributed by atoms with Crippen LogP contribution in [0, 0.1) is 17.0 Å².